The number of nitrogens with zero attached hydrogens (tertiary/aromatic N) is 3. The molecule has 9 heteroatoms. The number of H-pyrrole nitrogens is 1. The Morgan fingerprint density at radius 3 is 2.52 bits per heavy atom. The molecule has 4 N–H and O–H groups in total. The van der Waals surface area contributed by atoms with Crippen molar-refractivity contribution in [2.45, 2.75) is 12.5 Å². The summed E-state index contributed by atoms with van der Waals surface area (Å²) >= 11 is 0. The summed E-state index contributed by atoms with van der Waals surface area (Å²) in [5.74, 6) is -1.33. The Balaban J connectivity index is 2.07. The van der Waals surface area contributed by atoms with Crippen LogP contribution < -0.4 is 5.32 Å². The Bertz CT molecular complexity index is 611. The fourth-order valence-electron chi connectivity index (χ4n) is 1.68. The molecular weight excluding hydrogens is 278 g/mol. The average Bonchev–Trinajstić information content (AvgIpc) is 3.01. The van der Waals surface area contributed by atoms with Crippen molar-refractivity contribution >= 4 is 11.9 Å². The normalized spacial score (nSPS) is 11.9. The zero-order chi connectivity index (χ0) is 15.2. The maximum absolute atomic E-state index is 11.9. The van der Waals surface area contributed by atoms with Crippen LogP contribution in [0.15, 0.2) is 24.3 Å². The molecule has 1 aromatic carbocycles. The first-order valence-electron chi connectivity index (χ1n) is 6.10. The molecule has 0 aliphatic rings. The van der Waals surface area contributed by atoms with E-state index in [1.165, 1.54) is 12.1 Å². The van der Waals surface area contributed by atoms with Gasteiger partial charge in [0.05, 0.1) is 0 Å². The van der Waals surface area contributed by atoms with Crippen LogP contribution in [0, 0.1) is 0 Å². The topological polar surface area (TPSA) is 141 Å². The van der Waals surface area contributed by atoms with Crippen molar-refractivity contribution in [3.8, 4) is 11.4 Å². The molecule has 0 spiro atoms. The Morgan fingerprint density at radius 2 is 2.00 bits per heavy atom. The number of aliphatic hydroxyl groups excluding tert-OH is 1. The number of hydrogen-bond donors (Lipinski definition) is 4. The van der Waals surface area contributed by atoms with Gasteiger partial charge in [0.15, 0.2) is 0 Å². The highest BCUT2D eigenvalue weighted by Gasteiger charge is 2.20. The molecular formula is C12H13N5O4. The van der Waals surface area contributed by atoms with E-state index in [0.717, 1.165) is 0 Å². The van der Waals surface area contributed by atoms with Crippen LogP contribution in [-0.4, -0.2) is 55.4 Å². The molecule has 1 heterocycles. The van der Waals surface area contributed by atoms with Gasteiger partial charge in [-0.25, -0.2) is 4.79 Å². The van der Waals surface area contributed by atoms with E-state index in [1.807, 2.05) is 0 Å². The second-order valence-electron chi connectivity index (χ2n) is 4.19. The van der Waals surface area contributed by atoms with Gasteiger partial charge in [-0.05, 0) is 17.3 Å². The highest BCUT2D eigenvalue weighted by molar-refractivity contribution is 5.96. The summed E-state index contributed by atoms with van der Waals surface area (Å²) in [5, 5.41) is 33.4. The number of tetrazole rings is 1. The number of aliphatic carboxylic acids is 1. The number of carboxylic acid groups (broad SMARTS) is 1. The van der Waals surface area contributed by atoms with E-state index >= 15 is 0 Å². The second kappa shape index (κ2) is 6.57. The van der Waals surface area contributed by atoms with Gasteiger partial charge in [0, 0.05) is 24.2 Å². The van der Waals surface area contributed by atoms with Gasteiger partial charge < -0.3 is 15.5 Å². The lowest BCUT2D eigenvalue weighted by molar-refractivity contribution is -0.139. The maximum Gasteiger partial charge on any atom is 0.326 e. The lowest BCUT2D eigenvalue weighted by Crippen LogP contribution is -2.41. The number of aromatic nitrogens is 4. The number of carbonyl (C=O) groups excluding carboxylic acids is 1. The van der Waals surface area contributed by atoms with Crippen LogP contribution in [0.1, 0.15) is 16.8 Å². The van der Waals surface area contributed by atoms with Crippen LogP contribution in [0.3, 0.4) is 0 Å². The van der Waals surface area contributed by atoms with Crippen molar-refractivity contribution in [2.24, 2.45) is 0 Å². The Labute approximate surface area is 119 Å². The molecule has 1 aromatic heterocycles. The van der Waals surface area contributed by atoms with E-state index in [-0.39, 0.29) is 13.0 Å². The first-order valence-corrected chi connectivity index (χ1v) is 6.10. The van der Waals surface area contributed by atoms with Gasteiger partial charge in [-0.1, -0.05) is 12.1 Å². The molecule has 0 saturated carbocycles. The molecule has 110 valence electrons. The number of aliphatic hydroxyl groups is 1. The van der Waals surface area contributed by atoms with Gasteiger partial charge in [0.1, 0.15) is 6.04 Å². The van der Waals surface area contributed by atoms with Crippen LogP contribution in [0.4, 0.5) is 0 Å². The van der Waals surface area contributed by atoms with Crippen molar-refractivity contribution in [1.29, 1.82) is 0 Å². The maximum atomic E-state index is 11.9. The molecule has 1 amide bonds. The fourth-order valence-corrected chi connectivity index (χ4v) is 1.68. The summed E-state index contributed by atoms with van der Waals surface area (Å²) in [7, 11) is 0. The first-order chi connectivity index (χ1) is 10.1. The molecule has 0 radical (unpaired) electrons. The first kappa shape index (κ1) is 14.6. The predicted octanol–water partition coefficient (Wildman–Crippen LogP) is -0.568. The smallest absolute Gasteiger partial charge is 0.326 e. The monoisotopic (exact) mass is 291 g/mol. The van der Waals surface area contributed by atoms with E-state index < -0.39 is 17.9 Å². The van der Waals surface area contributed by atoms with Gasteiger partial charge in [-0.15, -0.1) is 10.2 Å². The third-order valence-electron chi connectivity index (χ3n) is 2.77. The summed E-state index contributed by atoms with van der Waals surface area (Å²) in [6, 6.07) is 5.18. The van der Waals surface area contributed by atoms with Crippen molar-refractivity contribution in [3.63, 3.8) is 0 Å². The van der Waals surface area contributed by atoms with E-state index in [0.29, 0.717) is 17.0 Å². The minimum atomic E-state index is -1.19. The zero-order valence-electron chi connectivity index (χ0n) is 10.9. The molecule has 1 atom stereocenters. The number of carbonyl (C=O) groups is 2. The van der Waals surface area contributed by atoms with E-state index in [2.05, 4.69) is 25.9 Å². The Morgan fingerprint density at radius 1 is 1.29 bits per heavy atom. The van der Waals surface area contributed by atoms with Gasteiger partial charge in [-0.2, -0.15) is 5.21 Å². The lowest BCUT2D eigenvalue weighted by Gasteiger charge is -2.13. The minimum absolute atomic E-state index is 0.0536. The number of carboxylic acids is 1. The molecule has 0 aliphatic heterocycles. The third-order valence-corrected chi connectivity index (χ3v) is 2.77. The standard InChI is InChI=1S/C12H13N5O4/c18-6-5-9(12(20)21)13-11(19)8-3-1-7(2-4-8)10-14-16-17-15-10/h1-4,9,18H,5-6H2,(H,13,19)(H,20,21)(H,14,15,16,17). The van der Waals surface area contributed by atoms with Crippen molar-refractivity contribution < 1.29 is 19.8 Å². The SMILES string of the molecule is O=C(NC(CCO)C(=O)O)c1ccc(-c2nn[nH]n2)cc1. The van der Waals surface area contributed by atoms with Gasteiger partial charge in [0.2, 0.25) is 5.82 Å². The number of benzene rings is 1. The molecule has 2 aromatic rings. The summed E-state index contributed by atoms with van der Waals surface area (Å²) in [5.41, 5.74) is 0.969. The van der Waals surface area contributed by atoms with Crippen molar-refractivity contribution in [3.05, 3.63) is 29.8 Å². The largest absolute Gasteiger partial charge is 0.480 e. The number of amides is 1. The third kappa shape index (κ3) is 3.60. The predicted molar refractivity (Wildman–Crippen MR) is 70.2 cm³/mol. The van der Waals surface area contributed by atoms with Crippen LogP contribution in [0.2, 0.25) is 0 Å². The van der Waals surface area contributed by atoms with E-state index in [1.54, 1.807) is 12.1 Å². The molecule has 0 aliphatic carbocycles. The number of nitrogens with one attached hydrogen (secondary N) is 2. The Hall–Kier alpha value is -2.81. The Kier molecular flexibility index (Phi) is 4.57. The average molecular weight is 291 g/mol. The number of rotatable bonds is 6. The van der Waals surface area contributed by atoms with Crippen molar-refractivity contribution in [2.75, 3.05) is 6.61 Å². The lowest BCUT2D eigenvalue weighted by atomic mass is 10.1. The number of hydrogen-bond acceptors (Lipinski definition) is 6. The molecule has 0 saturated heterocycles. The van der Waals surface area contributed by atoms with Crippen molar-refractivity contribution in [1.82, 2.24) is 25.9 Å². The molecule has 21 heavy (non-hydrogen) atoms. The minimum Gasteiger partial charge on any atom is -0.480 e. The van der Waals surface area contributed by atoms with Gasteiger partial charge in [0.25, 0.3) is 5.91 Å². The molecule has 0 fully saturated rings. The fraction of sp³-hybridized carbons (Fsp3) is 0.250. The zero-order valence-corrected chi connectivity index (χ0v) is 10.9. The van der Waals surface area contributed by atoms with Crippen LogP contribution in [-0.2, 0) is 4.79 Å². The summed E-state index contributed by atoms with van der Waals surface area (Å²) < 4.78 is 0. The van der Waals surface area contributed by atoms with Crippen LogP contribution in [0.25, 0.3) is 11.4 Å². The summed E-state index contributed by atoms with van der Waals surface area (Å²) in [6.45, 7) is -0.325. The summed E-state index contributed by atoms with van der Waals surface area (Å²) in [4.78, 5) is 22.8. The second-order valence-corrected chi connectivity index (χ2v) is 4.19. The van der Waals surface area contributed by atoms with Gasteiger partial charge >= 0.3 is 5.97 Å². The highest BCUT2D eigenvalue weighted by atomic mass is 16.4. The molecule has 1 unspecified atom stereocenters. The van der Waals surface area contributed by atoms with E-state index in [4.69, 9.17) is 10.2 Å². The molecule has 2 rings (SSSR count). The molecule has 0 bridgehead atoms. The quantitative estimate of drug-likeness (QED) is 0.558. The molecule has 9 nitrogen and oxygen atoms in total. The van der Waals surface area contributed by atoms with Crippen LogP contribution >= 0.6 is 0 Å². The highest BCUT2D eigenvalue weighted by Crippen LogP contribution is 2.14. The van der Waals surface area contributed by atoms with Crippen LogP contribution in [0.5, 0.6) is 0 Å². The van der Waals surface area contributed by atoms with Gasteiger partial charge in [-0.3, -0.25) is 4.79 Å². The number of aromatic amines is 1. The summed E-state index contributed by atoms with van der Waals surface area (Å²) in [6.07, 6.45) is -0.0536. The van der Waals surface area contributed by atoms with E-state index in [9.17, 15) is 9.59 Å².